The van der Waals surface area contributed by atoms with Gasteiger partial charge in [0.1, 0.15) is 0 Å². The normalized spacial score (nSPS) is 20.5. The molecule has 1 fully saturated rings. The minimum atomic E-state index is -0.392. The number of carbonyl (C=O) groups is 2. The van der Waals surface area contributed by atoms with Crippen LogP contribution in [0.15, 0.2) is 30.3 Å². The minimum absolute atomic E-state index is 0.0162. The molecule has 0 unspecified atom stereocenters. The van der Waals surface area contributed by atoms with E-state index in [4.69, 9.17) is 5.73 Å². The number of amides is 2. The quantitative estimate of drug-likeness (QED) is 0.911. The van der Waals surface area contributed by atoms with Crippen LogP contribution in [-0.2, 0) is 22.4 Å². The average molecular weight is 280 g/mol. The van der Waals surface area contributed by atoms with Crippen LogP contribution >= 0.6 is 0 Å². The summed E-state index contributed by atoms with van der Waals surface area (Å²) in [6.45, 7) is 0.396. The van der Waals surface area contributed by atoms with Crippen molar-refractivity contribution >= 4 is 28.3 Å². The number of anilines is 1. The van der Waals surface area contributed by atoms with Crippen molar-refractivity contribution in [3.05, 3.63) is 41.5 Å². The Bertz CT molecular complexity index is 771. The van der Waals surface area contributed by atoms with Gasteiger partial charge in [0, 0.05) is 18.4 Å². The summed E-state index contributed by atoms with van der Waals surface area (Å²) >= 11 is 0. The summed E-state index contributed by atoms with van der Waals surface area (Å²) in [5.41, 5.74) is 8.96. The van der Waals surface area contributed by atoms with E-state index in [9.17, 15) is 9.59 Å². The summed E-state index contributed by atoms with van der Waals surface area (Å²) in [6.07, 6.45) is 2.35. The van der Waals surface area contributed by atoms with Crippen molar-refractivity contribution in [2.75, 3.05) is 11.4 Å². The number of primary amides is 1. The van der Waals surface area contributed by atoms with E-state index in [0.29, 0.717) is 6.54 Å². The number of carbonyl (C=O) groups excluding carboxylic acids is 2. The number of hydrogen-bond donors (Lipinski definition) is 1. The molecule has 1 heterocycles. The molecular formula is C17H16N2O2. The van der Waals surface area contributed by atoms with Crippen LogP contribution in [0, 0.1) is 5.92 Å². The van der Waals surface area contributed by atoms with Gasteiger partial charge in [-0.3, -0.25) is 9.59 Å². The van der Waals surface area contributed by atoms with E-state index in [1.807, 2.05) is 12.1 Å². The highest BCUT2D eigenvalue weighted by Gasteiger charge is 2.35. The van der Waals surface area contributed by atoms with Crippen molar-refractivity contribution in [1.82, 2.24) is 0 Å². The Hall–Kier alpha value is -2.36. The van der Waals surface area contributed by atoms with Crippen LogP contribution in [0.3, 0.4) is 0 Å². The minimum Gasteiger partial charge on any atom is -0.369 e. The SMILES string of the molecule is NC(=O)[C@H]1CC(=O)N(c2ccc3c4c(cccc24)CC3)C1. The fourth-order valence-corrected chi connectivity index (χ4v) is 3.60. The lowest BCUT2D eigenvalue weighted by Crippen LogP contribution is -2.28. The number of hydrogen-bond acceptors (Lipinski definition) is 2. The largest absolute Gasteiger partial charge is 0.369 e. The van der Waals surface area contributed by atoms with Crippen LogP contribution in [0.2, 0.25) is 0 Å². The molecule has 2 aromatic rings. The van der Waals surface area contributed by atoms with E-state index in [-0.39, 0.29) is 18.2 Å². The average Bonchev–Trinajstić information content (AvgIpc) is 3.05. The number of aryl methyl sites for hydroxylation is 2. The first-order valence-electron chi connectivity index (χ1n) is 7.28. The molecule has 4 nitrogen and oxygen atoms in total. The maximum absolute atomic E-state index is 12.2. The van der Waals surface area contributed by atoms with Gasteiger partial charge in [-0.1, -0.05) is 24.3 Å². The van der Waals surface area contributed by atoms with Crippen molar-refractivity contribution in [2.24, 2.45) is 11.7 Å². The van der Waals surface area contributed by atoms with Gasteiger partial charge >= 0.3 is 0 Å². The zero-order valence-electron chi connectivity index (χ0n) is 11.6. The smallest absolute Gasteiger partial charge is 0.227 e. The predicted octanol–water partition coefficient (Wildman–Crippen LogP) is 1.78. The van der Waals surface area contributed by atoms with E-state index >= 15 is 0 Å². The van der Waals surface area contributed by atoms with Crippen molar-refractivity contribution in [1.29, 1.82) is 0 Å². The zero-order valence-corrected chi connectivity index (χ0v) is 11.6. The van der Waals surface area contributed by atoms with E-state index in [1.165, 1.54) is 16.5 Å². The highest BCUT2D eigenvalue weighted by molar-refractivity contribution is 6.08. The van der Waals surface area contributed by atoms with Crippen molar-refractivity contribution < 1.29 is 9.59 Å². The number of benzene rings is 2. The second-order valence-electron chi connectivity index (χ2n) is 5.89. The summed E-state index contributed by atoms with van der Waals surface area (Å²) < 4.78 is 0. The van der Waals surface area contributed by atoms with Crippen LogP contribution in [0.25, 0.3) is 10.8 Å². The third kappa shape index (κ3) is 1.75. The Morgan fingerprint density at radius 3 is 2.62 bits per heavy atom. The second kappa shape index (κ2) is 4.32. The van der Waals surface area contributed by atoms with Gasteiger partial charge in [-0.25, -0.2) is 0 Å². The molecule has 4 rings (SSSR count). The Morgan fingerprint density at radius 1 is 1.14 bits per heavy atom. The molecule has 0 saturated carbocycles. The van der Waals surface area contributed by atoms with Gasteiger partial charge in [0.05, 0.1) is 11.6 Å². The highest BCUT2D eigenvalue weighted by atomic mass is 16.2. The van der Waals surface area contributed by atoms with Gasteiger partial charge in [0.2, 0.25) is 11.8 Å². The lowest BCUT2D eigenvalue weighted by atomic mass is 10.0. The molecule has 1 saturated heterocycles. The molecule has 1 atom stereocenters. The van der Waals surface area contributed by atoms with E-state index in [0.717, 1.165) is 23.9 Å². The lowest BCUT2D eigenvalue weighted by Gasteiger charge is -2.19. The lowest BCUT2D eigenvalue weighted by molar-refractivity contribution is -0.123. The molecule has 2 aromatic carbocycles. The Labute approximate surface area is 122 Å². The number of nitrogens with two attached hydrogens (primary N) is 1. The van der Waals surface area contributed by atoms with Gasteiger partial charge < -0.3 is 10.6 Å². The molecule has 2 aliphatic rings. The zero-order chi connectivity index (χ0) is 14.6. The van der Waals surface area contributed by atoms with Crippen molar-refractivity contribution in [3.63, 3.8) is 0 Å². The molecule has 1 aliphatic carbocycles. The number of rotatable bonds is 2. The van der Waals surface area contributed by atoms with Crippen LogP contribution in [0.5, 0.6) is 0 Å². The highest BCUT2D eigenvalue weighted by Crippen LogP contribution is 2.38. The van der Waals surface area contributed by atoms with Crippen LogP contribution in [0.1, 0.15) is 17.5 Å². The molecule has 0 aromatic heterocycles. The molecule has 0 radical (unpaired) electrons. The molecule has 0 spiro atoms. The van der Waals surface area contributed by atoms with Gasteiger partial charge in [0.25, 0.3) is 0 Å². The van der Waals surface area contributed by atoms with Gasteiger partial charge in [-0.2, -0.15) is 0 Å². The first kappa shape index (κ1) is 12.4. The summed E-state index contributed by atoms with van der Waals surface area (Å²) in [5.74, 6) is -0.783. The summed E-state index contributed by atoms with van der Waals surface area (Å²) in [7, 11) is 0. The van der Waals surface area contributed by atoms with Crippen LogP contribution < -0.4 is 10.6 Å². The second-order valence-corrected chi connectivity index (χ2v) is 5.89. The van der Waals surface area contributed by atoms with Gasteiger partial charge in [0.15, 0.2) is 0 Å². The summed E-state index contributed by atoms with van der Waals surface area (Å²) in [6, 6.07) is 10.4. The molecule has 0 bridgehead atoms. The van der Waals surface area contributed by atoms with Crippen LogP contribution in [0.4, 0.5) is 5.69 Å². The van der Waals surface area contributed by atoms with Crippen molar-refractivity contribution in [3.8, 4) is 0 Å². The van der Waals surface area contributed by atoms with E-state index in [1.54, 1.807) is 4.90 Å². The molecular weight excluding hydrogens is 264 g/mol. The van der Waals surface area contributed by atoms with Gasteiger partial charge in [-0.15, -0.1) is 0 Å². The topological polar surface area (TPSA) is 63.4 Å². The third-order valence-electron chi connectivity index (χ3n) is 4.67. The maximum Gasteiger partial charge on any atom is 0.227 e. The molecule has 21 heavy (non-hydrogen) atoms. The maximum atomic E-state index is 12.2. The Morgan fingerprint density at radius 2 is 1.90 bits per heavy atom. The third-order valence-corrected chi connectivity index (χ3v) is 4.67. The van der Waals surface area contributed by atoms with E-state index < -0.39 is 5.91 Å². The van der Waals surface area contributed by atoms with Gasteiger partial charge in [-0.05, 0) is 35.4 Å². The molecule has 4 heteroatoms. The fourth-order valence-electron chi connectivity index (χ4n) is 3.60. The monoisotopic (exact) mass is 280 g/mol. The standard InChI is InChI=1S/C17H16N2O2/c18-17(21)12-8-15(20)19(9-12)14-7-6-11-5-4-10-2-1-3-13(14)16(10)11/h1-3,6-7,12H,4-5,8-9H2,(H2,18,21)/t12-/m0/s1. The summed E-state index contributed by atoms with van der Waals surface area (Å²) in [5, 5.41) is 2.39. The first-order chi connectivity index (χ1) is 10.1. The molecule has 2 N–H and O–H groups in total. The van der Waals surface area contributed by atoms with Crippen LogP contribution in [-0.4, -0.2) is 18.4 Å². The summed E-state index contributed by atoms with van der Waals surface area (Å²) in [4.78, 5) is 25.3. The molecule has 2 amide bonds. The molecule has 106 valence electrons. The Balaban J connectivity index is 1.85. The Kier molecular flexibility index (Phi) is 2.55. The number of nitrogens with zero attached hydrogens (tertiary/aromatic N) is 1. The predicted molar refractivity (Wildman–Crippen MR) is 81.0 cm³/mol. The molecule has 1 aliphatic heterocycles. The van der Waals surface area contributed by atoms with Crippen molar-refractivity contribution in [2.45, 2.75) is 19.3 Å². The fraction of sp³-hybridized carbons (Fsp3) is 0.294. The van der Waals surface area contributed by atoms with E-state index in [2.05, 4.69) is 18.2 Å². The first-order valence-corrected chi connectivity index (χ1v) is 7.28.